The summed E-state index contributed by atoms with van der Waals surface area (Å²) in [6, 6.07) is 0. The van der Waals surface area contributed by atoms with Gasteiger partial charge in [0.2, 0.25) is 5.91 Å². The standard InChI is InChI=1S/C7H11N5O/c8-3-7(13)11-1-2-12-5-9-10-6(12)4-11/h5H,1-4,8H2. The van der Waals surface area contributed by atoms with Crippen LogP contribution >= 0.6 is 0 Å². The van der Waals surface area contributed by atoms with Gasteiger partial charge in [-0.2, -0.15) is 0 Å². The number of fused-ring (bicyclic) bond motifs is 1. The molecule has 1 aromatic rings. The smallest absolute Gasteiger partial charge is 0.236 e. The van der Waals surface area contributed by atoms with Crippen molar-refractivity contribution in [2.45, 2.75) is 13.1 Å². The lowest BCUT2D eigenvalue weighted by molar-refractivity contribution is -0.131. The molecule has 0 radical (unpaired) electrons. The molecule has 0 saturated carbocycles. The molecule has 2 heterocycles. The van der Waals surface area contributed by atoms with Gasteiger partial charge in [-0.1, -0.05) is 0 Å². The summed E-state index contributed by atoms with van der Waals surface area (Å²) in [4.78, 5) is 12.9. The minimum atomic E-state index is -0.0331. The topological polar surface area (TPSA) is 77.0 Å². The molecular weight excluding hydrogens is 170 g/mol. The van der Waals surface area contributed by atoms with Gasteiger partial charge in [-0.25, -0.2) is 0 Å². The number of nitrogens with zero attached hydrogens (tertiary/aromatic N) is 4. The van der Waals surface area contributed by atoms with Crippen molar-refractivity contribution in [3.8, 4) is 0 Å². The monoisotopic (exact) mass is 181 g/mol. The SMILES string of the molecule is NCC(=O)N1CCn2cnnc2C1. The second-order valence-corrected chi connectivity index (χ2v) is 2.96. The van der Waals surface area contributed by atoms with E-state index >= 15 is 0 Å². The van der Waals surface area contributed by atoms with Gasteiger partial charge in [-0.15, -0.1) is 10.2 Å². The Bertz CT molecular complexity index is 320. The largest absolute Gasteiger partial charge is 0.332 e. The number of amides is 1. The first-order valence-corrected chi connectivity index (χ1v) is 4.16. The maximum Gasteiger partial charge on any atom is 0.236 e. The van der Waals surface area contributed by atoms with Gasteiger partial charge in [0, 0.05) is 13.1 Å². The normalized spacial score (nSPS) is 15.6. The molecule has 1 aliphatic heterocycles. The van der Waals surface area contributed by atoms with Gasteiger partial charge in [0.1, 0.15) is 6.33 Å². The van der Waals surface area contributed by atoms with Crippen molar-refractivity contribution in [2.75, 3.05) is 13.1 Å². The van der Waals surface area contributed by atoms with Crippen LogP contribution in [0.2, 0.25) is 0 Å². The van der Waals surface area contributed by atoms with Crippen molar-refractivity contribution < 1.29 is 4.79 Å². The van der Waals surface area contributed by atoms with Crippen LogP contribution in [0, 0.1) is 0 Å². The Kier molecular flexibility index (Phi) is 1.97. The molecule has 0 aliphatic carbocycles. The number of carbonyl (C=O) groups excluding carboxylic acids is 1. The molecular formula is C7H11N5O. The predicted molar refractivity (Wildman–Crippen MR) is 44.5 cm³/mol. The molecule has 13 heavy (non-hydrogen) atoms. The molecule has 6 heteroatoms. The van der Waals surface area contributed by atoms with E-state index < -0.39 is 0 Å². The highest BCUT2D eigenvalue weighted by molar-refractivity contribution is 5.78. The zero-order chi connectivity index (χ0) is 9.26. The Hall–Kier alpha value is -1.43. The second kappa shape index (κ2) is 3.14. The Morgan fingerprint density at radius 3 is 3.23 bits per heavy atom. The average molecular weight is 181 g/mol. The highest BCUT2D eigenvalue weighted by Gasteiger charge is 2.20. The van der Waals surface area contributed by atoms with Crippen LogP contribution in [-0.4, -0.2) is 38.7 Å². The minimum absolute atomic E-state index is 0.0331. The van der Waals surface area contributed by atoms with Crippen LogP contribution in [0.3, 0.4) is 0 Å². The van der Waals surface area contributed by atoms with Crippen LogP contribution in [-0.2, 0) is 17.9 Å². The summed E-state index contributed by atoms with van der Waals surface area (Å²) >= 11 is 0. The third kappa shape index (κ3) is 1.40. The van der Waals surface area contributed by atoms with Crippen LogP contribution in [0.5, 0.6) is 0 Å². The van der Waals surface area contributed by atoms with Crippen molar-refractivity contribution >= 4 is 5.91 Å². The fourth-order valence-electron chi connectivity index (χ4n) is 1.41. The molecule has 1 aliphatic rings. The van der Waals surface area contributed by atoms with Crippen LogP contribution in [0.15, 0.2) is 6.33 Å². The number of hydrogen-bond donors (Lipinski definition) is 1. The van der Waals surface area contributed by atoms with E-state index in [-0.39, 0.29) is 12.5 Å². The second-order valence-electron chi connectivity index (χ2n) is 2.96. The van der Waals surface area contributed by atoms with Crippen LogP contribution in [0.4, 0.5) is 0 Å². The average Bonchev–Trinajstić information content (AvgIpc) is 2.63. The lowest BCUT2D eigenvalue weighted by Gasteiger charge is -2.26. The molecule has 0 aromatic carbocycles. The van der Waals surface area contributed by atoms with Crippen molar-refractivity contribution in [3.05, 3.63) is 12.2 Å². The van der Waals surface area contributed by atoms with Gasteiger partial charge in [0.15, 0.2) is 5.82 Å². The maximum atomic E-state index is 11.2. The van der Waals surface area contributed by atoms with Gasteiger partial charge < -0.3 is 15.2 Å². The quantitative estimate of drug-likeness (QED) is 0.576. The van der Waals surface area contributed by atoms with Crippen molar-refractivity contribution in [2.24, 2.45) is 5.73 Å². The minimum Gasteiger partial charge on any atom is -0.332 e. The van der Waals surface area contributed by atoms with E-state index in [2.05, 4.69) is 10.2 Å². The van der Waals surface area contributed by atoms with E-state index in [1.165, 1.54) is 0 Å². The summed E-state index contributed by atoms with van der Waals surface area (Å²) in [5.41, 5.74) is 5.26. The van der Waals surface area contributed by atoms with Gasteiger partial charge in [-0.3, -0.25) is 4.79 Å². The third-order valence-electron chi connectivity index (χ3n) is 2.17. The Morgan fingerprint density at radius 2 is 2.46 bits per heavy atom. The van der Waals surface area contributed by atoms with Crippen LogP contribution in [0.25, 0.3) is 0 Å². The molecule has 1 amide bonds. The van der Waals surface area contributed by atoms with Gasteiger partial charge >= 0.3 is 0 Å². The Balaban J connectivity index is 2.13. The molecule has 2 N–H and O–H groups in total. The first kappa shape index (κ1) is 8.18. The summed E-state index contributed by atoms with van der Waals surface area (Å²) in [6.45, 7) is 2.04. The molecule has 0 spiro atoms. The highest BCUT2D eigenvalue weighted by atomic mass is 16.2. The predicted octanol–water partition coefficient (Wildman–Crippen LogP) is -1.42. The summed E-state index contributed by atoms with van der Waals surface area (Å²) < 4.78 is 1.94. The van der Waals surface area contributed by atoms with Crippen LogP contribution < -0.4 is 5.73 Å². The van der Waals surface area contributed by atoms with Gasteiger partial charge in [0.05, 0.1) is 13.1 Å². The fourth-order valence-corrected chi connectivity index (χ4v) is 1.41. The zero-order valence-electron chi connectivity index (χ0n) is 7.18. The lowest BCUT2D eigenvalue weighted by Crippen LogP contribution is -2.41. The molecule has 70 valence electrons. The van der Waals surface area contributed by atoms with Gasteiger partial charge in [0.25, 0.3) is 0 Å². The van der Waals surface area contributed by atoms with Crippen LogP contribution in [0.1, 0.15) is 5.82 Å². The zero-order valence-corrected chi connectivity index (χ0v) is 7.18. The van der Waals surface area contributed by atoms with Crippen molar-refractivity contribution in [1.82, 2.24) is 19.7 Å². The first-order chi connectivity index (χ1) is 6.31. The molecule has 2 rings (SSSR count). The first-order valence-electron chi connectivity index (χ1n) is 4.16. The van der Waals surface area contributed by atoms with E-state index in [9.17, 15) is 4.79 Å². The van der Waals surface area contributed by atoms with Crippen molar-refractivity contribution in [1.29, 1.82) is 0 Å². The molecule has 0 fully saturated rings. The van der Waals surface area contributed by atoms with E-state index in [0.29, 0.717) is 13.1 Å². The van der Waals surface area contributed by atoms with E-state index in [1.54, 1.807) is 11.2 Å². The molecule has 0 bridgehead atoms. The Labute approximate surface area is 75.3 Å². The van der Waals surface area contributed by atoms with Gasteiger partial charge in [-0.05, 0) is 0 Å². The molecule has 6 nitrogen and oxygen atoms in total. The Morgan fingerprint density at radius 1 is 1.62 bits per heavy atom. The molecule has 0 atom stereocenters. The van der Waals surface area contributed by atoms with E-state index in [1.807, 2.05) is 4.57 Å². The molecule has 1 aromatic heterocycles. The highest BCUT2D eigenvalue weighted by Crippen LogP contribution is 2.08. The number of aromatic nitrogens is 3. The number of nitrogens with two attached hydrogens (primary N) is 1. The number of hydrogen-bond acceptors (Lipinski definition) is 4. The fraction of sp³-hybridized carbons (Fsp3) is 0.571. The summed E-state index contributed by atoms with van der Waals surface area (Å²) in [5.74, 6) is 0.794. The maximum absolute atomic E-state index is 11.2. The number of carbonyl (C=O) groups is 1. The number of rotatable bonds is 1. The third-order valence-corrected chi connectivity index (χ3v) is 2.17. The van der Waals surface area contributed by atoms with Crippen molar-refractivity contribution in [3.63, 3.8) is 0 Å². The van der Waals surface area contributed by atoms with E-state index in [4.69, 9.17) is 5.73 Å². The summed E-state index contributed by atoms with van der Waals surface area (Å²) in [5, 5.41) is 7.67. The summed E-state index contributed by atoms with van der Waals surface area (Å²) in [6.07, 6.45) is 1.68. The van der Waals surface area contributed by atoms with E-state index in [0.717, 1.165) is 12.4 Å². The lowest BCUT2D eigenvalue weighted by atomic mass is 10.3. The summed E-state index contributed by atoms with van der Waals surface area (Å²) in [7, 11) is 0. The molecule has 0 unspecified atom stereocenters. The molecule has 0 saturated heterocycles.